The van der Waals surface area contributed by atoms with E-state index in [0.29, 0.717) is 19.4 Å². The standard InChI is InChI=1S/C8H13N3O6/c1-6(12)16-5-17-9-11(15)10-4-2-3-7(10)8(13)14/h7H,2-5H2,1H3,(H,13,14)/b11-9+/t7-/m0/s1. The number of carboxylic acid groups (broad SMARTS) is 1. The molecule has 0 unspecified atom stereocenters. The predicted molar refractivity (Wildman–Crippen MR) is 51.1 cm³/mol. The Balaban J connectivity index is 2.45. The summed E-state index contributed by atoms with van der Waals surface area (Å²) in [5, 5.41) is 24.3. The van der Waals surface area contributed by atoms with Gasteiger partial charge in [0.25, 0.3) is 6.79 Å². The highest BCUT2D eigenvalue weighted by Gasteiger charge is 2.36. The van der Waals surface area contributed by atoms with Crippen molar-refractivity contribution in [1.29, 1.82) is 0 Å². The highest BCUT2D eigenvalue weighted by atomic mass is 16.8. The molecular weight excluding hydrogens is 234 g/mol. The van der Waals surface area contributed by atoms with Gasteiger partial charge in [-0.25, -0.2) is 4.79 Å². The van der Waals surface area contributed by atoms with Crippen LogP contribution < -0.4 is 0 Å². The van der Waals surface area contributed by atoms with E-state index in [0.717, 1.165) is 5.01 Å². The maximum Gasteiger partial charge on any atom is 0.332 e. The second kappa shape index (κ2) is 5.87. The van der Waals surface area contributed by atoms with Crippen LogP contribution in [0.3, 0.4) is 0 Å². The topological polar surface area (TPSA) is 114 Å². The molecule has 1 atom stereocenters. The molecule has 0 bridgehead atoms. The summed E-state index contributed by atoms with van der Waals surface area (Å²) >= 11 is 0. The highest BCUT2D eigenvalue weighted by Crippen LogP contribution is 2.17. The number of rotatable bonds is 5. The molecule has 0 aliphatic carbocycles. The lowest BCUT2D eigenvalue weighted by Crippen LogP contribution is -2.40. The van der Waals surface area contributed by atoms with E-state index >= 15 is 0 Å². The Morgan fingerprint density at radius 1 is 1.65 bits per heavy atom. The Hall–Kier alpha value is -2.06. The van der Waals surface area contributed by atoms with Crippen molar-refractivity contribution < 1.29 is 29.2 Å². The molecule has 1 heterocycles. The number of hydrazine groups is 1. The molecule has 1 fully saturated rings. The van der Waals surface area contributed by atoms with Crippen molar-refractivity contribution in [3.05, 3.63) is 5.21 Å². The van der Waals surface area contributed by atoms with E-state index < -0.39 is 24.8 Å². The Kier molecular flexibility index (Phi) is 4.49. The molecule has 0 amide bonds. The number of esters is 1. The average molecular weight is 247 g/mol. The van der Waals surface area contributed by atoms with E-state index in [1.165, 1.54) is 6.92 Å². The molecule has 0 aromatic heterocycles. The third-order valence-electron chi connectivity index (χ3n) is 2.17. The lowest BCUT2D eigenvalue weighted by molar-refractivity contribution is -0.712. The van der Waals surface area contributed by atoms with Gasteiger partial charge in [0.1, 0.15) is 0 Å². The van der Waals surface area contributed by atoms with Crippen molar-refractivity contribution in [2.24, 2.45) is 5.28 Å². The number of carboxylic acids is 1. The van der Waals surface area contributed by atoms with Gasteiger partial charge < -0.3 is 19.9 Å². The van der Waals surface area contributed by atoms with E-state index in [1.807, 2.05) is 0 Å². The van der Waals surface area contributed by atoms with Gasteiger partial charge in [0.2, 0.25) is 5.28 Å². The number of nitrogens with zero attached hydrogens (tertiary/aromatic N) is 3. The summed E-state index contributed by atoms with van der Waals surface area (Å²) in [6.07, 6.45) is 0.975. The molecule has 0 radical (unpaired) electrons. The van der Waals surface area contributed by atoms with Gasteiger partial charge in [-0.1, -0.05) is 0 Å². The van der Waals surface area contributed by atoms with E-state index in [1.54, 1.807) is 0 Å². The van der Waals surface area contributed by atoms with E-state index in [9.17, 15) is 14.8 Å². The molecule has 1 aliphatic rings. The van der Waals surface area contributed by atoms with Crippen molar-refractivity contribution in [3.8, 4) is 0 Å². The number of aliphatic carboxylic acids is 1. The number of carbonyl (C=O) groups excluding carboxylic acids is 1. The van der Waals surface area contributed by atoms with Gasteiger partial charge >= 0.3 is 11.9 Å². The summed E-state index contributed by atoms with van der Waals surface area (Å²) in [4.78, 5) is 25.6. The Morgan fingerprint density at radius 2 is 2.35 bits per heavy atom. The zero-order valence-corrected chi connectivity index (χ0v) is 9.24. The highest BCUT2D eigenvalue weighted by molar-refractivity contribution is 5.73. The van der Waals surface area contributed by atoms with Crippen LogP contribution in [0.25, 0.3) is 0 Å². The van der Waals surface area contributed by atoms with Gasteiger partial charge in [-0.15, -0.1) is 5.01 Å². The summed E-state index contributed by atoms with van der Waals surface area (Å²) in [5.41, 5.74) is 0. The van der Waals surface area contributed by atoms with Crippen molar-refractivity contribution in [3.63, 3.8) is 0 Å². The molecule has 9 heteroatoms. The summed E-state index contributed by atoms with van der Waals surface area (Å²) in [5.74, 6) is -1.65. The minimum atomic E-state index is -1.08. The molecule has 96 valence electrons. The van der Waals surface area contributed by atoms with Gasteiger partial charge in [-0.3, -0.25) is 4.79 Å². The molecule has 0 aromatic carbocycles. The van der Waals surface area contributed by atoms with Crippen LogP contribution in [0.1, 0.15) is 19.8 Å². The van der Waals surface area contributed by atoms with Crippen molar-refractivity contribution in [1.82, 2.24) is 5.01 Å². The first-order chi connectivity index (χ1) is 8.02. The molecule has 1 aliphatic heterocycles. The molecule has 0 spiro atoms. The van der Waals surface area contributed by atoms with E-state index in [2.05, 4.69) is 14.9 Å². The molecule has 0 aromatic rings. The Labute approximate surface area is 96.7 Å². The van der Waals surface area contributed by atoms with Crippen LogP contribution in [0.15, 0.2) is 5.28 Å². The zero-order chi connectivity index (χ0) is 12.8. The van der Waals surface area contributed by atoms with Crippen LogP contribution in [-0.2, 0) is 19.2 Å². The van der Waals surface area contributed by atoms with E-state index in [-0.39, 0.29) is 4.97 Å². The fourth-order valence-electron chi connectivity index (χ4n) is 1.44. The van der Waals surface area contributed by atoms with Crippen LogP contribution in [0.2, 0.25) is 0 Å². The maximum absolute atomic E-state index is 11.4. The minimum Gasteiger partial charge on any atom is -0.569 e. The summed E-state index contributed by atoms with van der Waals surface area (Å²) in [6.45, 7) is 0.986. The lowest BCUT2D eigenvalue weighted by Gasteiger charge is -2.16. The largest absolute Gasteiger partial charge is 0.569 e. The quantitative estimate of drug-likeness (QED) is 0.179. The van der Waals surface area contributed by atoms with Gasteiger partial charge in [-0.05, 0) is 12.8 Å². The molecule has 1 N–H and O–H groups in total. The van der Waals surface area contributed by atoms with Gasteiger partial charge in [0.05, 0.1) is 11.5 Å². The SMILES string of the molecule is CC(=O)OCO/N=[N+](/[O-])N1CCC[C@H]1C(=O)O. The zero-order valence-electron chi connectivity index (χ0n) is 9.24. The van der Waals surface area contributed by atoms with Crippen LogP contribution in [-0.4, -0.2) is 46.4 Å². The second-order valence-electron chi connectivity index (χ2n) is 3.38. The maximum atomic E-state index is 11.4. The first kappa shape index (κ1) is 13.0. The number of hydrogen-bond donors (Lipinski definition) is 1. The normalized spacial score (nSPS) is 20.2. The first-order valence-corrected chi connectivity index (χ1v) is 4.95. The van der Waals surface area contributed by atoms with Gasteiger partial charge in [0, 0.05) is 6.92 Å². The third-order valence-corrected chi connectivity index (χ3v) is 2.17. The number of carbonyl (C=O) groups is 2. The predicted octanol–water partition coefficient (Wildman–Crippen LogP) is -0.135. The van der Waals surface area contributed by atoms with Crippen molar-refractivity contribution in [2.45, 2.75) is 25.8 Å². The first-order valence-electron chi connectivity index (χ1n) is 4.95. The van der Waals surface area contributed by atoms with Crippen LogP contribution in [0.5, 0.6) is 0 Å². The average Bonchev–Trinajstić information content (AvgIpc) is 2.72. The minimum absolute atomic E-state index is 0.0648. The van der Waals surface area contributed by atoms with Gasteiger partial charge in [0.15, 0.2) is 6.04 Å². The Morgan fingerprint density at radius 3 is 2.94 bits per heavy atom. The summed E-state index contributed by atoms with van der Waals surface area (Å²) in [7, 11) is 0. The molecule has 17 heavy (non-hydrogen) atoms. The molecule has 1 saturated heterocycles. The van der Waals surface area contributed by atoms with Crippen LogP contribution >= 0.6 is 0 Å². The molecule has 9 nitrogen and oxygen atoms in total. The lowest BCUT2D eigenvalue weighted by atomic mass is 10.2. The number of hydrogen-bond acceptors (Lipinski definition) is 6. The third kappa shape index (κ3) is 3.78. The Bertz CT molecular complexity index is 331. The van der Waals surface area contributed by atoms with Crippen LogP contribution in [0, 0.1) is 5.21 Å². The molecular formula is C8H13N3O6. The van der Waals surface area contributed by atoms with E-state index in [4.69, 9.17) is 5.11 Å². The fraction of sp³-hybridized carbons (Fsp3) is 0.750. The molecule has 0 saturated carbocycles. The number of ether oxygens (including phenoxy) is 1. The van der Waals surface area contributed by atoms with Crippen molar-refractivity contribution in [2.75, 3.05) is 13.3 Å². The molecule has 1 rings (SSSR count). The summed E-state index contributed by atoms with van der Waals surface area (Å²) in [6, 6.07) is -0.895. The monoisotopic (exact) mass is 247 g/mol. The second-order valence-corrected chi connectivity index (χ2v) is 3.38. The van der Waals surface area contributed by atoms with Gasteiger partial charge in [-0.2, -0.15) is 0 Å². The smallest absolute Gasteiger partial charge is 0.332 e. The fourth-order valence-corrected chi connectivity index (χ4v) is 1.44. The van der Waals surface area contributed by atoms with Crippen LogP contribution in [0.4, 0.5) is 0 Å². The van der Waals surface area contributed by atoms with Crippen molar-refractivity contribution >= 4 is 11.9 Å². The summed E-state index contributed by atoms with van der Waals surface area (Å²) < 4.78 is 4.37.